The summed E-state index contributed by atoms with van der Waals surface area (Å²) in [6.45, 7) is 4.97. The van der Waals surface area contributed by atoms with E-state index in [0.29, 0.717) is 13.1 Å². The zero-order chi connectivity index (χ0) is 19.8. The number of para-hydroxylation sites is 1. The molecule has 6 heteroatoms. The Hall–Kier alpha value is -2.60. The summed E-state index contributed by atoms with van der Waals surface area (Å²) in [5.41, 5.74) is 2.92. The summed E-state index contributed by atoms with van der Waals surface area (Å²) in [4.78, 5) is 19.2. The van der Waals surface area contributed by atoms with Gasteiger partial charge in [0.15, 0.2) is 0 Å². The van der Waals surface area contributed by atoms with Gasteiger partial charge in [-0.2, -0.15) is 0 Å². The summed E-state index contributed by atoms with van der Waals surface area (Å²) in [5.74, 6) is 0.865. The average Bonchev–Trinajstić information content (AvgIpc) is 2.73. The Labute approximate surface area is 167 Å². The molecule has 1 aliphatic heterocycles. The quantitative estimate of drug-likeness (QED) is 0.770. The molecular formula is C22H30N4O2. The van der Waals surface area contributed by atoms with Crippen LogP contribution >= 0.6 is 0 Å². The highest BCUT2D eigenvalue weighted by Gasteiger charge is 2.25. The van der Waals surface area contributed by atoms with Gasteiger partial charge in [0.2, 0.25) is 0 Å². The number of methoxy groups -OCH3 is 1. The molecular weight excluding hydrogens is 352 g/mol. The smallest absolute Gasteiger partial charge is 0.315 e. The van der Waals surface area contributed by atoms with Crippen LogP contribution in [0.25, 0.3) is 0 Å². The Bertz CT molecular complexity index is 775. The molecule has 1 fully saturated rings. The summed E-state index contributed by atoms with van der Waals surface area (Å²) < 4.78 is 5.58. The molecule has 1 atom stereocenters. The highest BCUT2D eigenvalue weighted by molar-refractivity contribution is 5.73. The number of hydrogen-bond donors (Lipinski definition) is 2. The van der Waals surface area contributed by atoms with E-state index in [1.54, 1.807) is 7.11 Å². The molecule has 0 spiro atoms. The minimum Gasteiger partial charge on any atom is -0.496 e. The molecule has 1 aromatic carbocycles. The third-order valence-corrected chi connectivity index (χ3v) is 5.16. The number of aromatic nitrogens is 1. The van der Waals surface area contributed by atoms with Gasteiger partial charge in [-0.05, 0) is 51.1 Å². The van der Waals surface area contributed by atoms with Crippen LogP contribution in [0, 0.1) is 6.92 Å². The highest BCUT2D eigenvalue weighted by Crippen LogP contribution is 2.30. The number of piperidine rings is 1. The molecule has 1 unspecified atom stereocenters. The van der Waals surface area contributed by atoms with Crippen LogP contribution in [-0.2, 0) is 6.54 Å². The molecule has 2 aromatic rings. The maximum absolute atomic E-state index is 12.4. The molecule has 2 N–H and O–H groups in total. The molecule has 6 nitrogen and oxygen atoms in total. The number of urea groups is 1. The molecule has 0 radical (unpaired) electrons. The lowest BCUT2D eigenvalue weighted by atomic mass is 10.0. The van der Waals surface area contributed by atoms with Crippen molar-refractivity contribution in [2.24, 2.45) is 0 Å². The first-order valence-electron chi connectivity index (χ1n) is 9.98. The first kappa shape index (κ1) is 20.1. The van der Waals surface area contributed by atoms with Crippen molar-refractivity contribution < 1.29 is 9.53 Å². The average molecular weight is 383 g/mol. The first-order chi connectivity index (χ1) is 13.7. The molecule has 150 valence electrons. The fourth-order valence-electron chi connectivity index (χ4n) is 3.73. The van der Waals surface area contributed by atoms with Crippen LogP contribution in [0.3, 0.4) is 0 Å². The normalized spacial score (nSPS) is 15.6. The first-order valence-corrected chi connectivity index (χ1v) is 9.98. The second-order valence-electron chi connectivity index (χ2n) is 7.19. The van der Waals surface area contributed by atoms with Crippen molar-refractivity contribution in [2.75, 3.05) is 26.7 Å². The molecule has 0 aliphatic carbocycles. The van der Waals surface area contributed by atoms with Gasteiger partial charge in [0.1, 0.15) is 5.75 Å². The van der Waals surface area contributed by atoms with Gasteiger partial charge in [0, 0.05) is 17.8 Å². The standard InChI is InChI=1S/C22H30N4O2/c1-17-9-8-10-18(25-17)15-23-22(27)24-16-20(26-13-6-3-7-14-26)19-11-4-5-12-21(19)28-2/h4-5,8-12,20H,3,6-7,13-16H2,1-2H3,(H2,23,24,27). The van der Waals surface area contributed by atoms with Crippen LogP contribution in [-0.4, -0.2) is 42.7 Å². The molecule has 0 saturated carbocycles. The number of pyridine rings is 1. The maximum Gasteiger partial charge on any atom is 0.315 e. The van der Waals surface area contributed by atoms with Gasteiger partial charge in [-0.15, -0.1) is 0 Å². The van der Waals surface area contributed by atoms with Crippen LogP contribution < -0.4 is 15.4 Å². The molecule has 2 amide bonds. The second-order valence-corrected chi connectivity index (χ2v) is 7.19. The molecule has 28 heavy (non-hydrogen) atoms. The van der Waals surface area contributed by atoms with Crippen molar-refractivity contribution in [1.29, 1.82) is 0 Å². The topological polar surface area (TPSA) is 66.5 Å². The van der Waals surface area contributed by atoms with E-state index in [2.05, 4.69) is 26.6 Å². The second kappa shape index (κ2) is 10.1. The van der Waals surface area contributed by atoms with E-state index < -0.39 is 0 Å². The SMILES string of the molecule is COc1ccccc1C(CNC(=O)NCc1cccc(C)n1)N1CCCCC1. The lowest BCUT2D eigenvalue weighted by molar-refractivity contribution is 0.157. The van der Waals surface area contributed by atoms with Gasteiger partial charge in [0.25, 0.3) is 0 Å². The Morgan fingerprint density at radius 3 is 2.64 bits per heavy atom. The van der Waals surface area contributed by atoms with Gasteiger partial charge in [-0.3, -0.25) is 9.88 Å². The molecule has 1 aromatic heterocycles. The number of carbonyl (C=O) groups excluding carboxylic acids is 1. The summed E-state index contributed by atoms with van der Waals surface area (Å²) >= 11 is 0. The number of carbonyl (C=O) groups is 1. The number of nitrogens with zero attached hydrogens (tertiary/aromatic N) is 2. The van der Waals surface area contributed by atoms with Crippen molar-refractivity contribution in [2.45, 2.75) is 38.8 Å². The molecule has 1 aliphatic rings. The largest absolute Gasteiger partial charge is 0.496 e. The lowest BCUT2D eigenvalue weighted by Crippen LogP contribution is -2.43. The number of hydrogen-bond acceptors (Lipinski definition) is 4. The van der Waals surface area contributed by atoms with Crippen molar-refractivity contribution in [3.8, 4) is 5.75 Å². The maximum atomic E-state index is 12.4. The summed E-state index contributed by atoms with van der Waals surface area (Å²) in [5, 5.41) is 5.94. The number of amides is 2. The van der Waals surface area contributed by atoms with Crippen LogP contribution in [0.2, 0.25) is 0 Å². The Balaban J connectivity index is 1.63. The van der Waals surface area contributed by atoms with E-state index in [9.17, 15) is 4.79 Å². The van der Waals surface area contributed by atoms with Crippen molar-refractivity contribution in [3.05, 3.63) is 59.4 Å². The third kappa shape index (κ3) is 5.45. The van der Waals surface area contributed by atoms with Crippen molar-refractivity contribution in [1.82, 2.24) is 20.5 Å². The lowest BCUT2D eigenvalue weighted by Gasteiger charge is -2.35. The van der Waals surface area contributed by atoms with E-state index >= 15 is 0 Å². The predicted octanol–water partition coefficient (Wildman–Crippen LogP) is 3.43. The number of nitrogens with one attached hydrogen (secondary N) is 2. The zero-order valence-electron chi connectivity index (χ0n) is 16.8. The molecule has 3 rings (SSSR count). The minimum atomic E-state index is -0.180. The number of ether oxygens (including phenoxy) is 1. The minimum absolute atomic E-state index is 0.0966. The monoisotopic (exact) mass is 382 g/mol. The number of benzene rings is 1. The molecule has 1 saturated heterocycles. The van der Waals surface area contributed by atoms with Gasteiger partial charge < -0.3 is 15.4 Å². The van der Waals surface area contributed by atoms with Crippen LogP contribution in [0.1, 0.15) is 42.3 Å². The van der Waals surface area contributed by atoms with Crippen molar-refractivity contribution in [3.63, 3.8) is 0 Å². The van der Waals surface area contributed by atoms with Crippen molar-refractivity contribution >= 4 is 6.03 Å². The van der Waals surface area contributed by atoms with Crippen LogP contribution in [0.15, 0.2) is 42.5 Å². The summed E-state index contributed by atoms with van der Waals surface area (Å²) in [6.07, 6.45) is 3.65. The summed E-state index contributed by atoms with van der Waals surface area (Å²) in [7, 11) is 1.70. The predicted molar refractivity (Wildman–Crippen MR) is 110 cm³/mol. The number of aryl methyl sites for hydroxylation is 1. The third-order valence-electron chi connectivity index (χ3n) is 5.16. The zero-order valence-corrected chi connectivity index (χ0v) is 16.8. The van der Waals surface area contributed by atoms with E-state index in [1.807, 2.05) is 43.3 Å². The molecule has 0 bridgehead atoms. The number of rotatable bonds is 7. The van der Waals surface area contributed by atoms with E-state index in [-0.39, 0.29) is 12.1 Å². The Kier molecular flexibility index (Phi) is 7.25. The van der Waals surface area contributed by atoms with Gasteiger partial charge in [-0.25, -0.2) is 4.79 Å². The summed E-state index contributed by atoms with van der Waals surface area (Å²) in [6, 6.07) is 13.8. The van der Waals surface area contributed by atoms with Gasteiger partial charge in [-0.1, -0.05) is 30.7 Å². The van der Waals surface area contributed by atoms with E-state index in [1.165, 1.54) is 19.3 Å². The van der Waals surface area contributed by atoms with E-state index in [0.717, 1.165) is 35.8 Å². The van der Waals surface area contributed by atoms with Crippen LogP contribution in [0.4, 0.5) is 4.79 Å². The van der Waals surface area contributed by atoms with E-state index in [4.69, 9.17) is 4.74 Å². The molecule has 2 heterocycles. The fourth-order valence-corrected chi connectivity index (χ4v) is 3.73. The Morgan fingerprint density at radius 2 is 1.89 bits per heavy atom. The van der Waals surface area contributed by atoms with Gasteiger partial charge >= 0.3 is 6.03 Å². The van der Waals surface area contributed by atoms with Gasteiger partial charge in [0.05, 0.1) is 25.4 Å². The Morgan fingerprint density at radius 1 is 1.11 bits per heavy atom. The fraction of sp³-hybridized carbons (Fsp3) is 0.455. The highest BCUT2D eigenvalue weighted by atomic mass is 16.5. The van der Waals surface area contributed by atoms with Crippen LogP contribution in [0.5, 0.6) is 5.75 Å². The number of likely N-dealkylation sites (tertiary alicyclic amines) is 1.